The summed E-state index contributed by atoms with van der Waals surface area (Å²) in [6.45, 7) is 8.11. The van der Waals surface area contributed by atoms with E-state index in [2.05, 4.69) is 66.2 Å². The summed E-state index contributed by atoms with van der Waals surface area (Å²) in [7, 11) is 0. The molecule has 2 fully saturated rings. The number of rotatable bonds is 3. The molecule has 0 bridgehead atoms. The zero-order valence-corrected chi connectivity index (χ0v) is 14.2. The topological polar surface area (TPSA) is 15.3 Å². The molecule has 1 aromatic carbocycles. The molecule has 21 heavy (non-hydrogen) atoms. The first-order valence-electron chi connectivity index (χ1n) is 8.30. The minimum absolute atomic E-state index is 0.227. The van der Waals surface area contributed by atoms with E-state index in [9.17, 15) is 0 Å². The van der Waals surface area contributed by atoms with Gasteiger partial charge in [0.1, 0.15) is 0 Å². The average Bonchev–Trinajstić information content (AvgIpc) is 2.48. The third-order valence-corrected chi connectivity index (χ3v) is 6.09. The quantitative estimate of drug-likeness (QED) is 0.916. The van der Waals surface area contributed by atoms with Crippen LogP contribution < -0.4 is 5.32 Å². The smallest absolute Gasteiger partial charge is 0.0474 e. The van der Waals surface area contributed by atoms with Crippen molar-refractivity contribution in [2.45, 2.75) is 49.9 Å². The highest BCUT2D eigenvalue weighted by Crippen LogP contribution is 2.31. The molecule has 0 aromatic heterocycles. The molecule has 0 aliphatic carbocycles. The Labute approximate surface area is 133 Å². The van der Waals surface area contributed by atoms with Crippen LogP contribution in [0, 0.1) is 0 Å². The number of nitrogens with one attached hydrogen (secondary N) is 1. The second-order valence-electron chi connectivity index (χ2n) is 7.11. The third-order valence-electron chi connectivity index (χ3n) is 4.71. The number of benzene rings is 1. The van der Waals surface area contributed by atoms with Crippen molar-refractivity contribution in [1.82, 2.24) is 10.2 Å². The van der Waals surface area contributed by atoms with Crippen LogP contribution in [0.15, 0.2) is 30.3 Å². The molecule has 116 valence electrons. The van der Waals surface area contributed by atoms with Crippen LogP contribution in [0.5, 0.6) is 0 Å². The highest BCUT2D eigenvalue weighted by molar-refractivity contribution is 7.99. The molecule has 1 aromatic rings. The summed E-state index contributed by atoms with van der Waals surface area (Å²) in [6, 6.07) is 11.6. The SMILES string of the molecule is CC1(C)CN(CC2CCCCS2)C(c2ccccc2)CN1. The Morgan fingerprint density at radius 1 is 1.24 bits per heavy atom. The molecule has 2 nitrogen and oxygen atoms in total. The van der Waals surface area contributed by atoms with Crippen LogP contribution in [0.2, 0.25) is 0 Å². The second-order valence-corrected chi connectivity index (χ2v) is 8.52. The number of thioether (sulfide) groups is 1. The lowest BCUT2D eigenvalue weighted by molar-refractivity contribution is 0.0945. The van der Waals surface area contributed by atoms with Crippen LogP contribution in [-0.2, 0) is 0 Å². The van der Waals surface area contributed by atoms with Gasteiger partial charge in [-0.1, -0.05) is 36.8 Å². The molecule has 2 heterocycles. The Kier molecular flexibility index (Phi) is 4.92. The van der Waals surface area contributed by atoms with Crippen LogP contribution in [0.1, 0.15) is 44.7 Å². The fraction of sp³-hybridized carbons (Fsp3) is 0.667. The van der Waals surface area contributed by atoms with Crippen molar-refractivity contribution in [1.29, 1.82) is 0 Å². The van der Waals surface area contributed by atoms with Crippen LogP contribution in [-0.4, -0.2) is 41.1 Å². The number of piperazine rings is 1. The van der Waals surface area contributed by atoms with Gasteiger partial charge in [-0.15, -0.1) is 0 Å². The van der Waals surface area contributed by atoms with Gasteiger partial charge in [-0.3, -0.25) is 4.90 Å². The summed E-state index contributed by atoms with van der Waals surface area (Å²) in [5, 5.41) is 4.56. The zero-order valence-electron chi connectivity index (χ0n) is 13.3. The Morgan fingerprint density at radius 3 is 2.76 bits per heavy atom. The van der Waals surface area contributed by atoms with Crippen molar-refractivity contribution in [3.63, 3.8) is 0 Å². The molecule has 2 aliphatic heterocycles. The van der Waals surface area contributed by atoms with E-state index in [1.165, 1.54) is 37.1 Å². The van der Waals surface area contributed by atoms with E-state index in [4.69, 9.17) is 0 Å². The molecule has 1 N–H and O–H groups in total. The molecule has 3 heteroatoms. The van der Waals surface area contributed by atoms with Crippen LogP contribution in [0.4, 0.5) is 0 Å². The standard InChI is InChI=1S/C18H28N2S/c1-18(2)14-20(13-16-10-6-7-11-21-16)17(12-19-18)15-8-4-3-5-9-15/h3-5,8-9,16-17,19H,6-7,10-14H2,1-2H3. The highest BCUT2D eigenvalue weighted by Gasteiger charge is 2.34. The highest BCUT2D eigenvalue weighted by atomic mass is 32.2. The Balaban J connectivity index is 1.73. The first-order valence-corrected chi connectivity index (χ1v) is 9.34. The van der Waals surface area contributed by atoms with Gasteiger partial charge in [-0.25, -0.2) is 0 Å². The normalized spacial score (nSPS) is 30.2. The van der Waals surface area contributed by atoms with E-state index in [-0.39, 0.29) is 5.54 Å². The first-order chi connectivity index (χ1) is 10.1. The summed E-state index contributed by atoms with van der Waals surface area (Å²) in [5.74, 6) is 1.36. The fourth-order valence-electron chi connectivity index (χ4n) is 3.58. The van der Waals surface area contributed by atoms with E-state index in [1.54, 1.807) is 0 Å². The lowest BCUT2D eigenvalue weighted by Crippen LogP contribution is -2.59. The second kappa shape index (κ2) is 6.72. The predicted molar refractivity (Wildman–Crippen MR) is 92.9 cm³/mol. The molecule has 2 atom stereocenters. The number of hydrogen-bond donors (Lipinski definition) is 1. The summed E-state index contributed by atoms with van der Waals surface area (Å²) >= 11 is 2.19. The van der Waals surface area contributed by atoms with E-state index >= 15 is 0 Å². The Hall–Kier alpha value is -0.510. The molecule has 0 radical (unpaired) electrons. The van der Waals surface area contributed by atoms with Crippen molar-refractivity contribution in [2.75, 3.05) is 25.4 Å². The molecular formula is C18H28N2S. The molecule has 2 saturated heterocycles. The largest absolute Gasteiger partial charge is 0.309 e. The lowest BCUT2D eigenvalue weighted by Gasteiger charge is -2.46. The van der Waals surface area contributed by atoms with Gasteiger partial charge in [-0.2, -0.15) is 11.8 Å². The molecule has 0 spiro atoms. The van der Waals surface area contributed by atoms with Crippen molar-refractivity contribution >= 4 is 11.8 Å². The number of nitrogens with zero attached hydrogens (tertiary/aromatic N) is 1. The van der Waals surface area contributed by atoms with Crippen molar-refractivity contribution in [3.05, 3.63) is 35.9 Å². The number of hydrogen-bond acceptors (Lipinski definition) is 3. The van der Waals surface area contributed by atoms with Crippen LogP contribution in [0.3, 0.4) is 0 Å². The van der Waals surface area contributed by atoms with Gasteiger partial charge in [0.2, 0.25) is 0 Å². The predicted octanol–water partition coefficient (Wildman–Crippen LogP) is 3.70. The average molecular weight is 305 g/mol. The van der Waals surface area contributed by atoms with Gasteiger partial charge in [0.15, 0.2) is 0 Å². The minimum atomic E-state index is 0.227. The van der Waals surface area contributed by atoms with Gasteiger partial charge in [0.05, 0.1) is 0 Å². The molecule has 0 amide bonds. The van der Waals surface area contributed by atoms with Crippen LogP contribution >= 0.6 is 11.8 Å². The monoisotopic (exact) mass is 304 g/mol. The summed E-state index contributed by atoms with van der Waals surface area (Å²) in [6.07, 6.45) is 4.23. The van der Waals surface area contributed by atoms with Crippen molar-refractivity contribution < 1.29 is 0 Å². The fourth-order valence-corrected chi connectivity index (χ4v) is 4.92. The Bertz CT molecular complexity index is 440. The maximum absolute atomic E-state index is 3.73. The van der Waals surface area contributed by atoms with Gasteiger partial charge in [0.25, 0.3) is 0 Å². The van der Waals surface area contributed by atoms with Crippen molar-refractivity contribution in [2.24, 2.45) is 0 Å². The maximum atomic E-state index is 3.73. The zero-order chi connectivity index (χ0) is 14.7. The summed E-state index contributed by atoms with van der Waals surface area (Å²) in [5.41, 5.74) is 1.69. The molecule has 2 unspecified atom stereocenters. The van der Waals surface area contributed by atoms with Gasteiger partial charge >= 0.3 is 0 Å². The third kappa shape index (κ3) is 4.02. The first kappa shape index (κ1) is 15.4. The lowest BCUT2D eigenvalue weighted by atomic mass is 9.94. The van der Waals surface area contributed by atoms with E-state index in [0.717, 1.165) is 18.3 Å². The van der Waals surface area contributed by atoms with Gasteiger partial charge in [0, 0.05) is 36.5 Å². The van der Waals surface area contributed by atoms with E-state index in [0.29, 0.717) is 6.04 Å². The Morgan fingerprint density at radius 2 is 2.05 bits per heavy atom. The van der Waals surface area contributed by atoms with E-state index < -0.39 is 0 Å². The van der Waals surface area contributed by atoms with Crippen molar-refractivity contribution in [3.8, 4) is 0 Å². The summed E-state index contributed by atoms with van der Waals surface area (Å²) in [4.78, 5) is 2.73. The molecule has 3 rings (SSSR count). The van der Waals surface area contributed by atoms with Gasteiger partial charge < -0.3 is 5.32 Å². The molecular weight excluding hydrogens is 276 g/mol. The minimum Gasteiger partial charge on any atom is -0.309 e. The maximum Gasteiger partial charge on any atom is 0.0474 e. The molecule has 0 saturated carbocycles. The summed E-state index contributed by atoms with van der Waals surface area (Å²) < 4.78 is 0. The van der Waals surface area contributed by atoms with Gasteiger partial charge in [-0.05, 0) is 38.0 Å². The van der Waals surface area contributed by atoms with E-state index in [1.807, 2.05) is 0 Å². The molecule has 2 aliphatic rings. The van der Waals surface area contributed by atoms with Crippen LogP contribution in [0.25, 0.3) is 0 Å².